The molecule has 4 nitrogen and oxygen atoms in total. The van der Waals surface area contributed by atoms with Crippen molar-refractivity contribution < 1.29 is 9.47 Å². The Morgan fingerprint density at radius 2 is 1.70 bits per heavy atom. The van der Waals surface area contributed by atoms with E-state index in [1.165, 1.54) is 0 Å². The molecule has 106 valence electrons. The predicted octanol–water partition coefficient (Wildman–Crippen LogP) is 3.18. The summed E-state index contributed by atoms with van der Waals surface area (Å²) in [6.07, 6.45) is 0. The molecule has 1 aromatic heterocycles. The van der Waals surface area contributed by atoms with E-state index in [0.29, 0.717) is 6.61 Å². The summed E-state index contributed by atoms with van der Waals surface area (Å²) in [5.41, 5.74) is 10.4. The van der Waals surface area contributed by atoms with Crippen LogP contribution in [0.5, 0.6) is 11.5 Å². The second-order valence-corrected chi connectivity index (χ2v) is 4.91. The van der Waals surface area contributed by atoms with Gasteiger partial charge in [-0.3, -0.25) is 4.98 Å². The SMILES string of the molecule is COc1cc(C)nc(COc2c(C)cc(N)cc2C)c1. The number of aromatic nitrogens is 1. The van der Waals surface area contributed by atoms with Crippen LogP contribution in [0.3, 0.4) is 0 Å². The molecular weight excluding hydrogens is 252 g/mol. The van der Waals surface area contributed by atoms with Crippen molar-refractivity contribution in [2.45, 2.75) is 27.4 Å². The molecule has 0 bridgehead atoms. The Kier molecular flexibility index (Phi) is 4.13. The molecule has 20 heavy (non-hydrogen) atoms. The Balaban J connectivity index is 2.19. The van der Waals surface area contributed by atoms with Crippen molar-refractivity contribution >= 4 is 5.69 Å². The first-order valence-electron chi connectivity index (χ1n) is 6.50. The van der Waals surface area contributed by atoms with Crippen molar-refractivity contribution in [1.29, 1.82) is 0 Å². The molecule has 0 atom stereocenters. The van der Waals surface area contributed by atoms with Crippen LogP contribution in [-0.2, 0) is 6.61 Å². The smallest absolute Gasteiger partial charge is 0.130 e. The second-order valence-electron chi connectivity index (χ2n) is 4.91. The number of nitrogens with two attached hydrogens (primary N) is 1. The monoisotopic (exact) mass is 272 g/mol. The number of nitrogen functional groups attached to an aromatic ring is 1. The zero-order valence-corrected chi connectivity index (χ0v) is 12.4. The van der Waals surface area contributed by atoms with E-state index in [9.17, 15) is 0 Å². The lowest BCUT2D eigenvalue weighted by Gasteiger charge is -2.13. The molecular formula is C16H20N2O2. The summed E-state index contributed by atoms with van der Waals surface area (Å²) in [5, 5.41) is 0. The van der Waals surface area contributed by atoms with Crippen LogP contribution in [0, 0.1) is 20.8 Å². The highest BCUT2D eigenvalue weighted by atomic mass is 16.5. The van der Waals surface area contributed by atoms with Gasteiger partial charge in [-0.15, -0.1) is 0 Å². The molecule has 2 N–H and O–H groups in total. The van der Waals surface area contributed by atoms with Gasteiger partial charge in [-0.2, -0.15) is 0 Å². The zero-order valence-electron chi connectivity index (χ0n) is 12.4. The van der Waals surface area contributed by atoms with Gasteiger partial charge < -0.3 is 15.2 Å². The third-order valence-corrected chi connectivity index (χ3v) is 3.06. The minimum Gasteiger partial charge on any atom is -0.497 e. The van der Waals surface area contributed by atoms with E-state index in [2.05, 4.69) is 4.98 Å². The summed E-state index contributed by atoms with van der Waals surface area (Å²) in [6, 6.07) is 7.59. The largest absolute Gasteiger partial charge is 0.497 e. The summed E-state index contributed by atoms with van der Waals surface area (Å²) in [7, 11) is 1.65. The first kappa shape index (κ1) is 14.2. The number of nitrogens with zero attached hydrogens (tertiary/aromatic N) is 1. The average Bonchev–Trinajstić information content (AvgIpc) is 2.36. The summed E-state index contributed by atoms with van der Waals surface area (Å²) in [6.45, 7) is 6.32. The lowest BCUT2D eigenvalue weighted by atomic mass is 10.1. The highest BCUT2D eigenvalue weighted by Gasteiger charge is 2.07. The standard InChI is InChI=1S/C16H20N2O2/c1-10-5-13(17)6-11(2)16(10)20-9-14-8-15(19-4)7-12(3)18-14/h5-8H,9,17H2,1-4H3. The fraction of sp³-hybridized carbons (Fsp3) is 0.312. The number of pyridine rings is 1. The Hall–Kier alpha value is -2.23. The molecule has 0 radical (unpaired) electrons. The number of aryl methyl sites for hydroxylation is 3. The van der Waals surface area contributed by atoms with Crippen LogP contribution in [0.4, 0.5) is 5.69 Å². The van der Waals surface area contributed by atoms with Crippen LogP contribution in [-0.4, -0.2) is 12.1 Å². The first-order valence-corrected chi connectivity index (χ1v) is 6.50. The van der Waals surface area contributed by atoms with E-state index in [1.807, 2.05) is 45.0 Å². The van der Waals surface area contributed by atoms with Crippen molar-refractivity contribution in [3.63, 3.8) is 0 Å². The zero-order chi connectivity index (χ0) is 14.7. The first-order chi connectivity index (χ1) is 9.49. The van der Waals surface area contributed by atoms with Gasteiger partial charge in [-0.25, -0.2) is 0 Å². The third kappa shape index (κ3) is 3.20. The normalized spacial score (nSPS) is 10.4. The van der Waals surface area contributed by atoms with Gasteiger partial charge in [-0.1, -0.05) is 0 Å². The van der Waals surface area contributed by atoms with E-state index in [0.717, 1.165) is 39.7 Å². The molecule has 2 rings (SSSR count). The summed E-state index contributed by atoms with van der Waals surface area (Å²) in [4.78, 5) is 4.44. The molecule has 1 aromatic carbocycles. The maximum atomic E-state index is 5.89. The van der Waals surface area contributed by atoms with Crippen LogP contribution in [0.25, 0.3) is 0 Å². The number of ether oxygens (including phenoxy) is 2. The molecule has 0 fully saturated rings. The summed E-state index contributed by atoms with van der Waals surface area (Å²) < 4.78 is 11.1. The van der Waals surface area contributed by atoms with Crippen molar-refractivity contribution in [1.82, 2.24) is 4.98 Å². The molecule has 0 unspecified atom stereocenters. The average molecular weight is 272 g/mol. The van der Waals surface area contributed by atoms with Gasteiger partial charge in [0.2, 0.25) is 0 Å². The summed E-state index contributed by atoms with van der Waals surface area (Å²) >= 11 is 0. The van der Waals surface area contributed by atoms with Gasteiger partial charge in [0.15, 0.2) is 0 Å². The van der Waals surface area contributed by atoms with Gasteiger partial charge in [-0.05, 0) is 44.0 Å². The van der Waals surface area contributed by atoms with Crippen LogP contribution < -0.4 is 15.2 Å². The number of hydrogen-bond acceptors (Lipinski definition) is 4. The van der Waals surface area contributed by atoms with Crippen molar-refractivity contribution in [3.05, 3.63) is 46.8 Å². The Bertz CT molecular complexity index is 601. The maximum Gasteiger partial charge on any atom is 0.130 e. The summed E-state index contributed by atoms with van der Waals surface area (Å²) in [5.74, 6) is 1.66. The van der Waals surface area contributed by atoms with Gasteiger partial charge in [0, 0.05) is 23.5 Å². The van der Waals surface area contributed by atoms with Crippen LogP contribution in [0.15, 0.2) is 24.3 Å². The quantitative estimate of drug-likeness (QED) is 0.868. The predicted molar refractivity (Wildman–Crippen MR) is 80.2 cm³/mol. The molecule has 0 amide bonds. The van der Waals surface area contributed by atoms with E-state index in [1.54, 1.807) is 7.11 Å². The van der Waals surface area contributed by atoms with E-state index < -0.39 is 0 Å². The molecule has 0 saturated heterocycles. The van der Waals surface area contributed by atoms with Crippen LogP contribution in [0.2, 0.25) is 0 Å². The Labute approximate surface area is 119 Å². The lowest BCUT2D eigenvalue weighted by Crippen LogP contribution is -2.03. The molecule has 0 aliphatic heterocycles. The van der Waals surface area contributed by atoms with Crippen LogP contribution in [0.1, 0.15) is 22.5 Å². The van der Waals surface area contributed by atoms with Gasteiger partial charge >= 0.3 is 0 Å². The molecule has 4 heteroatoms. The number of methoxy groups -OCH3 is 1. The highest BCUT2D eigenvalue weighted by Crippen LogP contribution is 2.26. The Morgan fingerprint density at radius 3 is 2.30 bits per heavy atom. The minimum atomic E-state index is 0.406. The van der Waals surface area contributed by atoms with Crippen molar-refractivity contribution in [2.24, 2.45) is 0 Å². The molecule has 0 aliphatic rings. The second kappa shape index (κ2) is 5.82. The van der Waals surface area contributed by atoms with E-state index in [4.69, 9.17) is 15.2 Å². The molecule has 0 spiro atoms. The third-order valence-electron chi connectivity index (χ3n) is 3.06. The topological polar surface area (TPSA) is 57.4 Å². The molecule has 0 aliphatic carbocycles. The van der Waals surface area contributed by atoms with Crippen LogP contribution >= 0.6 is 0 Å². The van der Waals surface area contributed by atoms with Crippen molar-refractivity contribution in [3.8, 4) is 11.5 Å². The lowest BCUT2D eigenvalue weighted by molar-refractivity contribution is 0.296. The molecule has 0 saturated carbocycles. The number of anilines is 1. The fourth-order valence-electron chi connectivity index (χ4n) is 2.25. The Morgan fingerprint density at radius 1 is 1.05 bits per heavy atom. The maximum absolute atomic E-state index is 5.89. The number of rotatable bonds is 4. The number of benzene rings is 1. The van der Waals surface area contributed by atoms with Gasteiger partial charge in [0.25, 0.3) is 0 Å². The van der Waals surface area contributed by atoms with E-state index in [-0.39, 0.29) is 0 Å². The van der Waals surface area contributed by atoms with E-state index >= 15 is 0 Å². The fourth-order valence-corrected chi connectivity index (χ4v) is 2.25. The highest BCUT2D eigenvalue weighted by molar-refractivity contribution is 5.52. The minimum absolute atomic E-state index is 0.406. The number of hydrogen-bond donors (Lipinski definition) is 1. The molecule has 1 heterocycles. The van der Waals surface area contributed by atoms with Crippen molar-refractivity contribution in [2.75, 3.05) is 12.8 Å². The van der Waals surface area contributed by atoms with Gasteiger partial charge in [0.05, 0.1) is 12.8 Å². The van der Waals surface area contributed by atoms with Gasteiger partial charge in [0.1, 0.15) is 18.1 Å². The molecule has 2 aromatic rings.